The summed E-state index contributed by atoms with van der Waals surface area (Å²) in [7, 11) is 0. The standard InChI is InChI=1S/C15H20FNO2/c1-10-8-17(9-11(2)19-10)12(3)15(18)13-4-6-14(16)7-5-13/h4-7,10-12H,8-9H2,1-3H3/t10-,11+,12?. The first-order chi connectivity index (χ1) is 8.97. The van der Waals surface area contributed by atoms with Gasteiger partial charge in [-0.1, -0.05) is 0 Å². The maximum Gasteiger partial charge on any atom is 0.179 e. The van der Waals surface area contributed by atoms with Crippen LogP contribution in [-0.2, 0) is 4.74 Å². The molecule has 0 radical (unpaired) electrons. The molecule has 1 aliphatic rings. The van der Waals surface area contributed by atoms with Crippen molar-refractivity contribution >= 4 is 5.78 Å². The highest BCUT2D eigenvalue weighted by atomic mass is 19.1. The first-order valence-electron chi connectivity index (χ1n) is 6.66. The van der Waals surface area contributed by atoms with Crippen LogP contribution in [0.4, 0.5) is 4.39 Å². The van der Waals surface area contributed by atoms with Crippen molar-refractivity contribution < 1.29 is 13.9 Å². The number of Topliss-reactive ketones (excluding diaryl/α,β-unsaturated/α-hetero) is 1. The highest BCUT2D eigenvalue weighted by molar-refractivity contribution is 5.99. The largest absolute Gasteiger partial charge is 0.373 e. The number of hydrogen-bond donors (Lipinski definition) is 0. The van der Waals surface area contributed by atoms with E-state index in [1.165, 1.54) is 12.1 Å². The van der Waals surface area contributed by atoms with Gasteiger partial charge in [0.25, 0.3) is 0 Å². The number of morpholine rings is 1. The molecule has 4 heteroatoms. The minimum absolute atomic E-state index is 0.0290. The summed E-state index contributed by atoms with van der Waals surface area (Å²) in [5.74, 6) is -0.292. The summed E-state index contributed by atoms with van der Waals surface area (Å²) < 4.78 is 18.5. The topological polar surface area (TPSA) is 29.5 Å². The Balaban J connectivity index is 2.08. The number of ketones is 1. The van der Waals surface area contributed by atoms with Gasteiger partial charge in [0, 0.05) is 18.7 Å². The number of carbonyl (C=O) groups excluding carboxylic acids is 1. The van der Waals surface area contributed by atoms with Gasteiger partial charge in [0.05, 0.1) is 18.2 Å². The molecule has 1 fully saturated rings. The molecule has 0 aromatic heterocycles. The predicted octanol–water partition coefficient (Wildman–Crippen LogP) is 2.51. The van der Waals surface area contributed by atoms with E-state index in [2.05, 4.69) is 4.90 Å². The molecule has 1 aromatic rings. The normalized spacial score (nSPS) is 26.1. The Kier molecular flexibility index (Phi) is 4.32. The molecule has 0 amide bonds. The SMILES string of the molecule is CC(C(=O)c1ccc(F)cc1)N1C[C@@H](C)O[C@@H](C)C1. The summed E-state index contributed by atoms with van der Waals surface area (Å²) in [6.45, 7) is 7.42. The zero-order valence-corrected chi connectivity index (χ0v) is 11.6. The van der Waals surface area contributed by atoms with Crippen LogP contribution in [0.25, 0.3) is 0 Å². The van der Waals surface area contributed by atoms with Gasteiger partial charge in [-0.25, -0.2) is 4.39 Å². The smallest absolute Gasteiger partial charge is 0.179 e. The summed E-state index contributed by atoms with van der Waals surface area (Å²) >= 11 is 0. The van der Waals surface area contributed by atoms with Crippen LogP contribution < -0.4 is 0 Å². The summed E-state index contributed by atoms with van der Waals surface area (Å²) in [4.78, 5) is 14.5. The maximum absolute atomic E-state index is 12.9. The third kappa shape index (κ3) is 3.39. The fourth-order valence-corrected chi connectivity index (χ4v) is 2.56. The Morgan fingerprint density at radius 1 is 1.26 bits per heavy atom. The molecule has 3 nitrogen and oxygen atoms in total. The van der Waals surface area contributed by atoms with Gasteiger partial charge in [-0.15, -0.1) is 0 Å². The van der Waals surface area contributed by atoms with Gasteiger partial charge >= 0.3 is 0 Å². The van der Waals surface area contributed by atoms with Gasteiger partial charge in [0.15, 0.2) is 5.78 Å². The minimum atomic E-state index is -0.321. The first kappa shape index (κ1) is 14.2. The van der Waals surface area contributed by atoms with E-state index in [-0.39, 0.29) is 29.9 Å². The molecule has 0 aliphatic carbocycles. The minimum Gasteiger partial charge on any atom is -0.373 e. The summed E-state index contributed by atoms with van der Waals surface area (Å²) in [5.41, 5.74) is 0.556. The summed E-state index contributed by atoms with van der Waals surface area (Å²) in [6, 6.07) is 5.53. The highest BCUT2D eigenvalue weighted by Gasteiger charge is 2.29. The molecule has 1 aliphatic heterocycles. The van der Waals surface area contributed by atoms with Gasteiger partial charge in [0.1, 0.15) is 5.82 Å². The average Bonchev–Trinajstić information content (AvgIpc) is 2.37. The zero-order valence-electron chi connectivity index (χ0n) is 11.6. The van der Waals surface area contributed by atoms with Crippen molar-refractivity contribution in [1.29, 1.82) is 0 Å². The Hall–Kier alpha value is -1.26. The average molecular weight is 265 g/mol. The second kappa shape index (κ2) is 5.80. The van der Waals surface area contributed by atoms with E-state index in [1.807, 2.05) is 20.8 Å². The molecule has 19 heavy (non-hydrogen) atoms. The van der Waals surface area contributed by atoms with E-state index in [1.54, 1.807) is 12.1 Å². The van der Waals surface area contributed by atoms with E-state index < -0.39 is 0 Å². The van der Waals surface area contributed by atoms with Crippen molar-refractivity contribution in [3.8, 4) is 0 Å². The van der Waals surface area contributed by atoms with Crippen molar-refractivity contribution in [2.45, 2.75) is 39.0 Å². The molecule has 3 atom stereocenters. The second-order valence-corrected chi connectivity index (χ2v) is 5.26. The number of halogens is 1. The van der Waals surface area contributed by atoms with Crippen molar-refractivity contribution in [3.05, 3.63) is 35.6 Å². The Morgan fingerprint density at radius 3 is 2.32 bits per heavy atom. The number of benzene rings is 1. The fraction of sp³-hybridized carbons (Fsp3) is 0.533. The zero-order chi connectivity index (χ0) is 14.0. The second-order valence-electron chi connectivity index (χ2n) is 5.26. The van der Waals surface area contributed by atoms with Gasteiger partial charge < -0.3 is 4.74 Å². The van der Waals surface area contributed by atoms with Crippen LogP contribution in [0.1, 0.15) is 31.1 Å². The molecule has 0 spiro atoms. The van der Waals surface area contributed by atoms with Crippen LogP contribution in [0.5, 0.6) is 0 Å². The molecule has 0 saturated carbocycles. The van der Waals surface area contributed by atoms with Crippen molar-refractivity contribution in [1.82, 2.24) is 4.90 Å². The molecule has 1 aromatic carbocycles. The number of rotatable bonds is 3. The lowest BCUT2D eigenvalue weighted by Crippen LogP contribution is -2.51. The predicted molar refractivity (Wildman–Crippen MR) is 71.8 cm³/mol. The third-order valence-corrected chi connectivity index (χ3v) is 3.50. The number of carbonyl (C=O) groups is 1. The molecular formula is C15H20FNO2. The van der Waals surface area contributed by atoms with E-state index in [0.717, 1.165) is 13.1 Å². The maximum atomic E-state index is 12.9. The van der Waals surface area contributed by atoms with Crippen LogP contribution in [0.2, 0.25) is 0 Å². The summed E-state index contributed by atoms with van der Waals surface area (Å²) in [6.07, 6.45) is 0.263. The quantitative estimate of drug-likeness (QED) is 0.786. The number of hydrogen-bond acceptors (Lipinski definition) is 3. The lowest BCUT2D eigenvalue weighted by Gasteiger charge is -2.38. The lowest BCUT2D eigenvalue weighted by atomic mass is 10.0. The van der Waals surface area contributed by atoms with E-state index in [9.17, 15) is 9.18 Å². The third-order valence-electron chi connectivity index (χ3n) is 3.50. The van der Waals surface area contributed by atoms with Gasteiger partial charge in [-0.05, 0) is 45.0 Å². The van der Waals surface area contributed by atoms with Crippen molar-refractivity contribution in [3.63, 3.8) is 0 Å². The monoisotopic (exact) mass is 265 g/mol. The highest BCUT2D eigenvalue weighted by Crippen LogP contribution is 2.16. The van der Waals surface area contributed by atoms with Crippen LogP contribution in [0, 0.1) is 5.82 Å². The number of ether oxygens (including phenoxy) is 1. The van der Waals surface area contributed by atoms with Crippen LogP contribution >= 0.6 is 0 Å². The van der Waals surface area contributed by atoms with Crippen molar-refractivity contribution in [2.75, 3.05) is 13.1 Å². The van der Waals surface area contributed by atoms with Crippen LogP contribution in [0.15, 0.2) is 24.3 Å². The van der Waals surface area contributed by atoms with E-state index in [0.29, 0.717) is 5.56 Å². The Bertz CT molecular complexity index is 436. The lowest BCUT2D eigenvalue weighted by molar-refractivity contribution is -0.0744. The molecular weight excluding hydrogens is 245 g/mol. The van der Waals surface area contributed by atoms with Gasteiger partial charge in [-0.2, -0.15) is 0 Å². The molecule has 0 bridgehead atoms. The Labute approximate surface area is 113 Å². The Morgan fingerprint density at radius 2 is 1.79 bits per heavy atom. The molecule has 2 rings (SSSR count). The van der Waals surface area contributed by atoms with Crippen molar-refractivity contribution in [2.24, 2.45) is 0 Å². The molecule has 0 N–H and O–H groups in total. The van der Waals surface area contributed by atoms with Crippen LogP contribution in [-0.4, -0.2) is 42.0 Å². The fourth-order valence-electron chi connectivity index (χ4n) is 2.56. The molecule has 1 heterocycles. The van der Waals surface area contributed by atoms with E-state index >= 15 is 0 Å². The molecule has 1 unspecified atom stereocenters. The molecule has 104 valence electrons. The van der Waals surface area contributed by atoms with E-state index in [4.69, 9.17) is 4.74 Å². The van der Waals surface area contributed by atoms with Gasteiger partial charge in [0.2, 0.25) is 0 Å². The molecule has 1 saturated heterocycles. The summed E-state index contributed by atoms with van der Waals surface area (Å²) in [5, 5.41) is 0. The van der Waals surface area contributed by atoms with Crippen LogP contribution in [0.3, 0.4) is 0 Å². The first-order valence-corrected chi connectivity index (χ1v) is 6.66. The number of nitrogens with zero attached hydrogens (tertiary/aromatic N) is 1. The van der Waals surface area contributed by atoms with Gasteiger partial charge in [-0.3, -0.25) is 9.69 Å².